The number of carboxylic acid groups (broad SMARTS) is 1. The summed E-state index contributed by atoms with van der Waals surface area (Å²) in [7, 11) is 0. The summed E-state index contributed by atoms with van der Waals surface area (Å²) in [5.74, 6) is -1.27. The van der Waals surface area contributed by atoms with E-state index < -0.39 is 11.5 Å². The smallest absolute Gasteiger partial charge is 0.337 e. The number of aromatic amines is 1. The first-order valence-electron chi connectivity index (χ1n) is 5.14. The molecule has 17 heavy (non-hydrogen) atoms. The second-order valence-corrected chi connectivity index (χ2v) is 3.73. The molecule has 0 radical (unpaired) electrons. The van der Waals surface area contributed by atoms with Gasteiger partial charge in [-0.25, -0.2) is 4.79 Å². The predicted octanol–water partition coefficient (Wildman–Crippen LogP) is 0.408. The van der Waals surface area contributed by atoms with Crippen LogP contribution in [0.1, 0.15) is 33.6 Å². The Kier molecular flexibility index (Phi) is 2.93. The van der Waals surface area contributed by atoms with Gasteiger partial charge >= 0.3 is 5.97 Å². The van der Waals surface area contributed by atoms with E-state index in [9.17, 15) is 9.59 Å². The standard InChI is InChI=1S/C11H10N2O4/c12-4-6-9(11(15)16)7-5-17-3-1-2-8(7)13-10(6)14/h1-3,5H2,(H,13,14)(H,15,16). The van der Waals surface area contributed by atoms with E-state index in [0.717, 1.165) is 0 Å². The maximum Gasteiger partial charge on any atom is 0.337 e. The lowest BCUT2D eigenvalue weighted by Crippen LogP contribution is -2.21. The highest BCUT2D eigenvalue weighted by Crippen LogP contribution is 2.20. The van der Waals surface area contributed by atoms with Crippen LogP contribution < -0.4 is 5.56 Å². The molecule has 0 saturated carbocycles. The molecule has 1 aliphatic heterocycles. The van der Waals surface area contributed by atoms with Gasteiger partial charge in [-0.2, -0.15) is 5.26 Å². The number of nitrogens with one attached hydrogen (secondary N) is 1. The molecular weight excluding hydrogens is 224 g/mol. The number of nitrogens with zero attached hydrogens (tertiary/aromatic N) is 1. The number of H-pyrrole nitrogens is 1. The van der Waals surface area contributed by atoms with Gasteiger partial charge in [0.05, 0.1) is 12.2 Å². The summed E-state index contributed by atoms with van der Waals surface area (Å²) < 4.78 is 5.26. The average Bonchev–Trinajstić information content (AvgIpc) is 2.51. The van der Waals surface area contributed by atoms with Gasteiger partial charge in [-0.3, -0.25) is 4.79 Å². The van der Waals surface area contributed by atoms with Gasteiger partial charge in [0.2, 0.25) is 0 Å². The number of fused-ring (bicyclic) bond motifs is 1. The molecule has 0 unspecified atom stereocenters. The maximum atomic E-state index is 11.6. The Bertz CT molecular complexity index is 568. The number of aromatic carboxylic acids is 1. The molecule has 1 aromatic heterocycles. The molecule has 0 bridgehead atoms. The molecule has 1 aliphatic rings. The van der Waals surface area contributed by atoms with Crippen LogP contribution >= 0.6 is 0 Å². The first-order chi connectivity index (χ1) is 8.15. The van der Waals surface area contributed by atoms with Crippen molar-refractivity contribution in [2.24, 2.45) is 0 Å². The molecule has 88 valence electrons. The van der Waals surface area contributed by atoms with Crippen molar-refractivity contribution >= 4 is 5.97 Å². The zero-order valence-electron chi connectivity index (χ0n) is 8.95. The molecule has 0 amide bonds. The van der Waals surface area contributed by atoms with Gasteiger partial charge in [-0.05, 0) is 12.8 Å². The number of rotatable bonds is 1. The fourth-order valence-corrected chi connectivity index (χ4v) is 1.93. The Morgan fingerprint density at radius 2 is 2.29 bits per heavy atom. The number of ether oxygens (including phenoxy) is 1. The number of nitriles is 1. The van der Waals surface area contributed by atoms with E-state index in [-0.39, 0.29) is 17.7 Å². The van der Waals surface area contributed by atoms with Gasteiger partial charge < -0.3 is 14.8 Å². The van der Waals surface area contributed by atoms with E-state index in [0.29, 0.717) is 30.7 Å². The number of aromatic nitrogens is 1. The SMILES string of the molecule is N#Cc1c(C(=O)O)c2c([nH]c1=O)CCCOC2. The predicted molar refractivity (Wildman–Crippen MR) is 56.7 cm³/mol. The van der Waals surface area contributed by atoms with Crippen LogP contribution in [0.5, 0.6) is 0 Å². The van der Waals surface area contributed by atoms with Gasteiger partial charge in [0.15, 0.2) is 0 Å². The van der Waals surface area contributed by atoms with Crippen LogP contribution in [0.3, 0.4) is 0 Å². The Labute approximate surface area is 96.5 Å². The lowest BCUT2D eigenvalue weighted by atomic mass is 10.0. The van der Waals surface area contributed by atoms with Crippen molar-refractivity contribution in [3.8, 4) is 6.07 Å². The van der Waals surface area contributed by atoms with Crippen LogP contribution in [-0.2, 0) is 17.8 Å². The molecule has 0 fully saturated rings. The Morgan fingerprint density at radius 3 is 2.94 bits per heavy atom. The van der Waals surface area contributed by atoms with Crippen LogP contribution in [0.15, 0.2) is 4.79 Å². The van der Waals surface area contributed by atoms with Crippen LogP contribution in [0.25, 0.3) is 0 Å². The van der Waals surface area contributed by atoms with Crippen LogP contribution in [0.2, 0.25) is 0 Å². The normalized spacial score (nSPS) is 14.5. The number of carbonyl (C=O) groups is 1. The summed E-state index contributed by atoms with van der Waals surface area (Å²) in [4.78, 5) is 25.3. The van der Waals surface area contributed by atoms with Crippen molar-refractivity contribution in [1.29, 1.82) is 5.26 Å². The zero-order valence-corrected chi connectivity index (χ0v) is 8.95. The Morgan fingerprint density at radius 1 is 1.53 bits per heavy atom. The van der Waals surface area contributed by atoms with E-state index in [1.54, 1.807) is 6.07 Å². The second kappa shape index (κ2) is 4.39. The molecule has 0 spiro atoms. The van der Waals surface area contributed by atoms with Crippen molar-refractivity contribution in [3.63, 3.8) is 0 Å². The van der Waals surface area contributed by atoms with Crippen molar-refractivity contribution in [1.82, 2.24) is 4.98 Å². The van der Waals surface area contributed by atoms with Crippen LogP contribution in [0.4, 0.5) is 0 Å². The highest BCUT2D eigenvalue weighted by Gasteiger charge is 2.23. The van der Waals surface area contributed by atoms with Crippen molar-refractivity contribution in [2.45, 2.75) is 19.4 Å². The Balaban J connectivity index is 2.76. The van der Waals surface area contributed by atoms with E-state index in [1.807, 2.05) is 0 Å². The Hall–Kier alpha value is -2.13. The third-order valence-corrected chi connectivity index (χ3v) is 2.70. The molecule has 0 aromatic carbocycles. The van der Waals surface area contributed by atoms with Gasteiger partial charge in [0, 0.05) is 17.9 Å². The van der Waals surface area contributed by atoms with Crippen LogP contribution in [-0.4, -0.2) is 22.7 Å². The summed E-state index contributed by atoms with van der Waals surface area (Å²) in [5, 5.41) is 18.0. The first-order valence-corrected chi connectivity index (χ1v) is 5.14. The van der Waals surface area contributed by atoms with Gasteiger partial charge in [0.25, 0.3) is 5.56 Å². The van der Waals surface area contributed by atoms with Gasteiger partial charge in [-0.1, -0.05) is 0 Å². The van der Waals surface area contributed by atoms with Crippen LogP contribution in [0, 0.1) is 11.3 Å². The van der Waals surface area contributed by atoms with Gasteiger partial charge in [0.1, 0.15) is 11.6 Å². The maximum absolute atomic E-state index is 11.6. The van der Waals surface area contributed by atoms with Gasteiger partial charge in [-0.15, -0.1) is 0 Å². The summed E-state index contributed by atoms with van der Waals surface area (Å²) in [6, 6.07) is 1.64. The van der Waals surface area contributed by atoms with E-state index in [1.165, 1.54) is 0 Å². The molecule has 0 saturated heterocycles. The summed E-state index contributed by atoms with van der Waals surface area (Å²) in [6.07, 6.45) is 1.27. The molecule has 6 heteroatoms. The molecule has 2 N–H and O–H groups in total. The number of aryl methyl sites for hydroxylation is 1. The first kappa shape index (κ1) is 11.4. The number of carboxylic acids is 1. The molecule has 0 atom stereocenters. The zero-order chi connectivity index (χ0) is 12.4. The lowest BCUT2D eigenvalue weighted by Gasteiger charge is -2.09. The number of hydrogen-bond donors (Lipinski definition) is 2. The largest absolute Gasteiger partial charge is 0.478 e. The average molecular weight is 234 g/mol. The minimum absolute atomic E-state index is 0.114. The van der Waals surface area contributed by atoms with E-state index in [4.69, 9.17) is 15.1 Å². The van der Waals surface area contributed by atoms with Crippen molar-refractivity contribution in [2.75, 3.05) is 6.61 Å². The molecule has 2 heterocycles. The minimum atomic E-state index is -1.27. The molecular formula is C11H10N2O4. The fraction of sp³-hybridized carbons (Fsp3) is 0.364. The molecule has 6 nitrogen and oxygen atoms in total. The molecule has 2 rings (SSSR count). The lowest BCUT2D eigenvalue weighted by molar-refractivity contribution is 0.0687. The van der Waals surface area contributed by atoms with E-state index >= 15 is 0 Å². The number of pyridine rings is 1. The monoisotopic (exact) mass is 234 g/mol. The summed E-state index contributed by atoms with van der Waals surface area (Å²) >= 11 is 0. The second-order valence-electron chi connectivity index (χ2n) is 3.73. The summed E-state index contributed by atoms with van der Waals surface area (Å²) in [5.41, 5.74) is -0.268. The van der Waals surface area contributed by atoms with Crippen molar-refractivity contribution < 1.29 is 14.6 Å². The van der Waals surface area contributed by atoms with Crippen molar-refractivity contribution in [3.05, 3.63) is 32.7 Å². The van der Waals surface area contributed by atoms with E-state index in [2.05, 4.69) is 4.98 Å². The summed E-state index contributed by atoms with van der Waals surface area (Å²) in [6.45, 7) is 0.625. The topological polar surface area (TPSA) is 103 Å². The third kappa shape index (κ3) is 1.92. The third-order valence-electron chi connectivity index (χ3n) is 2.70. The quantitative estimate of drug-likeness (QED) is 0.732. The molecule has 0 aliphatic carbocycles. The molecule has 1 aromatic rings. The highest BCUT2D eigenvalue weighted by molar-refractivity contribution is 5.92. The number of hydrogen-bond acceptors (Lipinski definition) is 4. The fourth-order valence-electron chi connectivity index (χ4n) is 1.93. The minimum Gasteiger partial charge on any atom is -0.478 e. The highest BCUT2D eigenvalue weighted by atomic mass is 16.5.